The van der Waals surface area contributed by atoms with Gasteiger partial charge in [0.15, 0.2) is 0 Å². The monoisotopic (exact) mass is 519 g/mol. The smallest absolute Gasteiger partial charge is 0.316 e. The van der Waals surface area contributed by atoms with Crippen LogP contribution in [0.1, 0.15) is 17.3 Å². The second kappa shape index (κ2) is 10.7. The molecule has 2 aromatic rings. The third-order valence-electron chi connectivity index (χ3n) is 6.27. The molecular weight excluding hydrogens is 493 g/mol. The van der Waals surface area contributed by atoms with Gasteiger partial charge in [0.05, 0.1) is 24.0 Å². The lowest BCUT2D eigenvalue weighted by molar-refractivity contribution is -0.148. The highest BCUT2D eigenvalue weighted by molar-refractivity contribution is 6.31. The Morgan fingerprint density at radius 3 is 2.26 bits per heavy atom. The van der Waals surface area contributed by atoms with Gasteiger partial charge in [0.2, 0.25) is 0 Å². The molecule has 0 bridgehead atoms. The molecular formula is C24H27Cl2N5O4. The summed E-state index contributed by atoms with van der Waals surface area (Å²) in [5, 5.41) is 3.67. The van der Waals surface area contributed by atoms with Crippen molar-refractivity contribution in [2.45, 2.75) is 19.1 Å². The van der Waals surface area contributed by atoms with Crippen LogP contribution in [-0.4, -0.2) is 79.1 Å². The Hall–Kier alpha value is -3.01. The number of amides is 3. The summed E-state index contributed by atoms with van der Waals surface area (Å²) in [7, 11) is 0. The summed E-state index contributed by atoms with van der Waals surface area (Å²) in [4.78, 5) is 42.3. The third-order valence-corrected chi connectivity index (χ3v) is 6.76. The Morgan fingerprint density at radius 2 is 1.63 bits per heavy atom. The van der Waals surface area contributed by atoms with Crippen molar-refractivity contribution in [1.82, 2.24) is 9.80 Å². The minimum Gasteiger partial charge on any atom is -0.459 e. The molecule has 0 aliphatic carbocycles. The lowest BCUT2D eigenvalue weighted by Crippen LogP contribution is -2.55. The number of ether oxygens (including phenoxy) is 1. The van der Waals surface area contributed by atoms with E-state index < -0.39 is 6.03 Å². The highest BCUT2D eigenvalue weighted by Gasteiger charge is 2.41. The van der Waals surface area contributed by atoms with E-state index in [2.05, 4.69) is 10.2 Å². The van der Waals surface area contributed by atoms with Gasteiger partial charge in [0, 0.05) is 55.3 Å². The van der Waals surface area contributed by atoms with E-state index >= 15 is 0 Å². The lowest BCUT2D eigenvalue weighted by atomic mass is 10.1. The highest BCUT2D eigenvalue weighted by Crippen LogP contribution is 2.33. The van der Waals surface area contributed by atoms with Gasteiger partial charge in [0.25, 0.3) is 5.91 Å². The maximum Gasteiger partial charge on any atom is 0.316 e. The van der Waals surface area contributed by atoms with E-state index in [1.807, 2.05) is 15.9 Å². The van der Waals surface area contributed by atoms with Crippen molar-refractivity contribution >= 4 is 52.5 Å². The number of rotatable bonds is 5. The highest BCUT2D eigenvalue weighted by atomic mass is 35.5. The molecule has 0 saturated carbocycles. The number of hydrogen-bond acceptors (Lipinski definition) is 6. The van der Waals surface area contributed by atoms with Crippen molar-refractivity contribution in [1.29, 1.82) is 0 Å². The topological polar surface area (TPSA) is 108 Å². The molecule has 2 atom stereocenters. The second-order valence-electron chi connectivity index (χ2n) is 8.61. The van der Waals surface area contributed by atoms with Crippen molar-refractivity contribution in [3.05, 3.63) is 58.1 Å². The Kier molecular flexibility index (Phi) is 7.69. The van der Waals surface area contributed by atoms with Gasteiger partial charge in [-0.05, 0) is 42.5 Å². The van der Waals surface area contributed by atoms with Crippen LogP contribution >= 0.6 is 23.2 Å². The van der Waals surface area contributed by atoms with Crippen LogP contribution in [0, 0.1) is 0 Å². The number of nitrogens with two attached hydrogens (primary N) is 1. The molecule has 2 fully saturated rings. The number of hydrogen-bond donors (Lipinski definition) is 2. The van der Waals surface area contributed by atoms with Crippen LogP contribution in [0.3, 0.4) is 0 Å². The lowest BCUT2D eigenvalue weighted by Gasteiger charge is -2.39. The average Bonchev–Trinajstić information content (AvgIpc) is 3.21. The first-order chi connectivity index (χ1) is 16.7. The van der Waals surface area contributed by atoms with E-state index in [1.165, 1.54) is 6.92 Å². The Morgan fingerprint density at radius 1 is 0.971 bits per heavy atom. The summed E-state index contributed by atoms with van der Waals surface area (Å²) >= 11 is 12.1. The number of esters is 1. The van der Waals surface area contributed by atoms with Gasteiger partial charge in [-0.1, -0.05) is 23.2 Å². The fourth-order valence-electron chi connectivity index (χ4n) is 4.68. The summed E-state index contributed by atoms with van der Waals surface area (Å²) in [5.74, 6) is -0.390. The number of nitrogens with one attached hydrogen (secondary N) is 1. The SMILES string of the molecule is CC(=O)OC1CN(c2ccc(Cl)cc2NC(N)=O)C[C@H]1N1CCN(C(=O)c2ccc(Cl)cc2)CC1. The van der Waals surface area contributed by atoms with Gasteiger partial charge < -0.3 is 25.6 Å². The molecule has 2 aliphatic rings. The van der Waals surface area contributed by atoms with Crippen molar-refractivity contribution < 1.29 is 19.1 Å². The number of benzene rings is 2. The maximum atomic E-state index is 12.9. The summed E-state index contributed by atoms with van der Waals surface area (Å²) in [6.07, 6.45) is -0.372. The van der Waals surface area contributed by atoms with E-state index in [0.29, 0.717) is 60.6 Å². The first-order valence-corrected chi connectivity index (χ1v) is 12.0. The van der Waals surface area contributed by atoms with Gasteiger partial charge >= 0.3 is 12.0 Å². The van der Waals surface area contributed by atoms with Crippen molar-refractivity contribution in [2.24, 2.45) is 5.73 Å². The van der Waals surface area contributed by atoms with E-state index in [9.17, 15) is 14.4 Å². The predicted molar refractivity (Wildman–Crippen MR) is 135 cm³/mol. The Labute approximate surface area is 213 Å². The van der Waals surface area contributed by atoms with Crippen LogP contribution in [0.25, 0.3) is 0 Å². The molecule has 186 valence electrons. The first-order valence-electron chi connectivity index (χ1n) is 11.3. The minimum absolute atomic E-state index is 0.0331. The minimum atomic E-state index is -0.692. The van der Waals surface area contributed by atoms with Gasteiger partial charge in [-0.3, -0.25) is 14.5 Å². The number of piperazine rings is 1. The molecule has 2 heterocycles. The standard InChI is InChI=1S/C24H27Cl2N5O4/c1-15(32)35-22-14-31(20-7-6-18(26)12-19(20)28-24(27)34)13-21(22)29-8-10-30(11-9-29)23(33)16-2-4-17(25)5-3-16/h2-7,12,21-22H,8-11,13-14H2,1H3,(H3,27,28,34)/t21-,22?/m1/s1. The maximum absolute atomic E-state index is 12.9. The van der Waals surface area contributed by atoms with E-state index in [0.717, 1.165) is 5.69 Å². The quantitative estimate of drug-likeness (QED) is 0.587. The number of halogens is 2. The van der Waals surface area contributed by atoms with Gasteiger partial charge in [-0.15, -0.1) is 0 Å². The first kappa shape index (κ1) is 25.1. The summed E-state index contributed by atoms with van der Waals surface area (Å²) in [6, 6.07) is 11.3. The number of carbonyl (C=O) groups is 3. The van der Waals surface area contributed by atoms with Crippen LogP contribution < -0.4 is 16.0 Å². The van der Waals surface area contributed by atoms with Gasteiger partial charge in [0.1, 0.15) is 6.10 Å². The van der Waals surface area contributed by atoms with Gasteiger partial charge in [-0.2, -0.15) is 0 Å². The summed E-state index contributed by atoms with van der Waals surface area (Å²) in [5.41, 5.74) is 7.17. The number of urea groups is 1. The predicted octanol–water partition coefficient (Wildman–Crippen LogP) is 3.06. The van der Waals surface area contributed by atoms with Crippen LogP contribution in [0.2, 0.25) is 10.0 Å². The van der Waals surface area contributed by atoms with E-state index in [-0.39, 0.29) is 24.0 Å². The molecule has 2 aromatic carbocycles. The van der Waals surface area contributed by atoms with E-state index in [1.54, 1.807) is 36.4 Å². The number of carbonyl (C=O) groups excluding carboxylic acids is 3. The van der Waals surface area contributed by atoms with Crippen LogP contribution in [0.4, 0.5) is 16.2 Å². The fraction of sp³-hybridized carbons (Fsp3) is 0.375. The van der Waals surface area contributed by atoms with Crippen molar-refractivity contribution in [3.63, 3.8) is 0 Å². The summed E-state index contributed by atoms with van der Waals surface area (Å²) < 4.78 is 5.67. The normalized spacial score (nSPS) is 20.5. The number of nitrogens with zero attached hydrogens (tertiary/aromatic N) is 3. The molecule has 0 spiro atoms. The van der Waals surface area contributed by atoms with Crippen LogP contribution in [-0.2, 0) is 9.53 Å². The zero-order chi connectivity index (χ0) is 25.1. The fourth-order valence-corrected chi connectivity index (χ4v) is 4.98. The molecule has 3 N–H and O–H groups in total. The molecule has 0 radical (unpaired) electrons. The zero-order valence-corrected chi connectivity index (χ0v) is 20.8. The van der Waals surface area contributed by atoms with Crippen molar-refractivity contribution in [2.75, 3.05) is 49.5 Å². The Bertz CT molecular complexity index is 1110. The average molecular weight is 520 g/mol. The van der Waals surface area contributed by atoms with Crippen LogP contribution in [0.5, 0.6) is 0 Å². The summed E-state index contributed by atoms with van der Waals surface area (Å²) in [6.45, 7) is 4.80. The molecule has 0 aromatic heterocycles. The zero-order valence-electron chi connectivity index (χ0n) is 19.2. The molecule has 4 rings (SSSR count). The molecule has 3 amide bonds. The van der Waals surface area contributed by atoms with Crippen LogP contribution in [0.15, 0.2) is 42.5 Å². The third kappa shape index (κ3) is 5.98. The van der Waals surface area contributed by atoms with Gasteiger partial charge in [-0.25, -0.2) is 4.79 Å². The molecule has 2 saturated heterocycles. The molecule has 35 heavy (non-hydrogen) atoms. The largest absolute Gasteiger partial charge is 0.459 e. The molecule has 9 nitrogen and oxygen atoms in total. The second-order valence-corrected chi connectivity index (χ2v) is 9.48. The Balaban J connectivity index is 1.47. The van der Waals surface area contributed by atoms with E-state index in [4.69, 9.17) is 33.7 Å². The molecule has 1 unspecified atom stereocenters. The number of anilines is 2. The van der Waals surface area contributed by atoms with Crippen molar-refractivity contribution in [3.8, 4) is 0 Å². The molecule has 11 heteroatoms. The molecule has 2 aliphatic heterocycles. The number of primary amides is 1.